The molecule has 1 aromatic heterocycles. The summed E-state index contributed by atoms with van der Waals surface area (Å²) in [6.45, 7) is 0.787. The minimum atomic E-state index is 0. The lowest BCUT2D eigenvalue weighted by molar-refractivity contribution is 0.293. The van der Waals surface area contributed by atoms with Crippen molar-refractivity contribution in [3.8, 4) is 5.75 Å². The van der Waals surface area contributed by atoms with E-state index < -0.39 is 0 Å². The lowest BCUT2D eigenvalue weighted by atomic mass is 10.1. The number of halogens is 2. The van der Waals surface area contributed by atoms with Crippen LogP contribution in [0.15, 0.2) is 24.5 Å². The minimum Gasteiger partial charge on any atom is -0.492 e. The first kappa shape index (κ1) is 16.5. The van der Waals surface area contributed by atoms with E-state index in [4.69, 9.17) is 4.74 Å². The highest BCUT2D eigenvalue weighted by Crippen LogP contribution is 2.38. The third-order valence-electron chi connectivity index (χ3n) is 3.09. The largest absolute Gasteiger partial charge is 0.492 e. The molecule has 2 rings (SSSR count). The Hall–Kier alpha value is -0.510. The summed E-state index contributed by atoms with van der Waals surface area (Å²) in [5.41, 5.74) is 0.443. The van der Waals surface area contributed by atoms with Gasteiger partial charge in [0.1, 0.15) is 5.75 Å². The summed E-state index contributed by atoms with van der Waals surface area (Å²) < 4.78 is 5.58. The van der Waals surface area contributed by atoms with Gasteiger partial charge in [-0.2, -0.15) is 0 Å². The van der Waals surface area contributed by atoms with Crippen LogP contribution in [0.3, 0.4) is 0 Å². The Balaban J connectivity index is 0.00000128. The summed E-state index contributed by atoms with van der Waals surface area (Å²) in [5, 5.41) is 3.38. The Morgan fingerprint density at radius 1 is 1.41 bits per heavy atom. The molecule has 0 unspecified atom stereocenters. The summed E-state index contributed by atoms with van der Waals surface area (Å²) in [6.07, 6.45) is 8.46. The fraction of sp³-hybridized carbons (Fsp3) is 0.583. The van der Waals surface area contributed by atoms with Gasteiger partial charge in [0.05, 0.1) is 12.8 Å². The van der Waals surface area contributed by atoms with Crippen molar-refractivity contribution in [1.82, 2.24) is 10.3 Å². The second kappa shape index (κ2) is 7.75. The monoisotopic (exact) mass is 278 g/mol. The number of aromatic nitrogens is 1. The molecule has 0 amide bonds. The number of hydrogen-bond donors (Lipinski definition) is 1. The molecule has 1 N–H and O–H groups in total. The summed E-state index contributed by atoms with van der Waals surface area (Å²) in [5.74, 6) is 0.867. The number of hydrogen-bond acceptors (Lipinski definition) is 3. The average molecular weight is 279 g/mol. The van der Waals surface area contributed by atoms with Crippen molar-refractivity contribution in [2.45, 2.75) is 31.2 Å². The average Bonchev–Trinajstić information content (AvgIpc) is 3.07. The molecule has 98 valence electrons. The highest BCUT2D eigenvalue weighted by molar-refractivity contribution is 5.85. The Kier molecular flexibility index (Phi) is 7.51. The molecule has 1 aromatic rings. The van der Waals surface area contributed by atoms with Crippen molar-refractivity contribution in [1.29, 1.82) is 0 Å². The lowest BCUT2D eigenvalue weighted by Gasteiger charge is -2.13. The van der Waals surface area contributed by atoms with E-state index in [-0.39, 0.29) is 24.8 Å². The molecular formula is C12H20Cl2N2O. The van der Waals surface area contributed by atoms with Crippen LogP contribution in [0.4, 0.5) is 0 Å². The molecule has 1 heterocycles. The standard InChI is InChI=1S/C12H18N2O.2ClH/c1-13-12(6-7-12)5-3-9-15-11-4-2-8-14-10-11;;/h2,4,8,10,13H,3,5-7,9H2,1H3;2*1H. The van der Waals surface area contributed by atoms with Crippen molar-refractivity contribution < 1.29 is 4.74 Å². The van der Waals surface area contributed by atoms with E-state index in [1.54, 1.807) is 12.4 Å². The third kappa shape index (κ3) is 5.11. The van der Waals surface area contributed by atoms with Crippen molar-refractivity contribution in [3.63, 3.8) is 0 Å². The molecular weight excluding hydrogens is 259 g/mol. The number of nitrogens with one attached hydrogen (secondary N) is 1. The Labute approximate surface area is 115 Å². The molecule has 1 aliphatic rings. The predicted octanol–water partition coefficient (Wildman–Crippen LogP) is 2.84. The van der Waals surface area contributed by atoms with E-state index in [2.05, 4.69) is 17.3 Å². The van der Waals surface area contributed by atoms with Crippen LogP contribution < -0.4 is 10.1 Å². The highest BCUT2D eigenvalue weighted by atomic mass is 35.5. The van der Waals surface area contributed by atoms with Gasteiger partial charge in [-0.3, -0.25) is 4.98 Å². The van der Waals surface area contributed by atoms with Gasteiger partial charge in [-0.15, -0.1) is 24.8 Å². The van der Waals surface area contributed by atoms with Crippen LogP contribution in [0.1, 0.15) is 25.7 Å². The smallest absolute Gasteiger partial charge is 0.137 e. The molecule has 0 bridgehead atoms. The Bertz CT molecular complexity index is 305. The summed E-state index contributed by atoms with van der Waals surface area (Å²) >= 11 is 0. The van der Waals surface area contributed by atoms with E-state index >= 15 is 0 Å². The fourth-order valence-electron chi connectivity index (χ4n) is 1.81. The molecule has 1 saturated carbocycles. The minimum absolute atomic E-state index is 0. The van der Waals surface area contributed by atoms with Crippen molar-refractivity contribution in [3.05, 3.63) is 24.5 Å². The summed E-state index contributed by atoms with van der Waals surface area (Å²) in [7, 11) is 2.05. The molecule has 0 saturated heterocycles. The maximum Gasteiger partial charge on any atom is 0.137 e. The maximum absolute atomic E-state index is 5.58. The quantitative estimate of drug-likeness (QED) is 0.813. The maximum atomic E-state index is 5.58. The van der Waals surface area contributed by atoms with Crippen LogP contribution in [-0.2, 0) is 0 Å². The van der Waals surface area contributed by atoms with Crippen molar-refractivity contribution in [2.75, 3.05) is 13.7 Å². The van der Waals surface area contributed by atoms with Gasteiger partial charge in [-0.1, -0.05) is 0 Å². The molecule has 0 radical (unpaired) electrons. The fourth-order valence-corrected chi connectivity index (χ4v) is 1.81. The molecule has 17 heavy (non-hydrogen) atoms. The topological polar surface area (TPSA) is 34.1 Å². The molecule has 0 spiro atoms. The van der Waals surface area contributed by atoms with Crippen LogP contribution in [-0.4, -0.2) is 24.2 Å². The molecule has 0 aromatic carbocycles. The number of pyridine rings is 1. The zero-order valence-electron chi connectivity index (χ0n) is 10.0. The predicted molar refractivity (Wildman–Crippen MR) is 74.5 cm³/mol. The van der Waals surface area contributed by atoms with Gasteiger partial charge in [0.25, 0.3) is 0 Å². The number of ether oxygens (including phenoxy) is 1. The molecule has 0 aliphatic heterocycles. The highest BCUT2D eigenvalue weighted by Gasteiger charge is 2.39. The van der Waals surface area contributed by atoms with E-state index in [0.717, 1.165) is 18.8 Å². The van der Waals surface area contributed by atoms with Crippen molar-refractivity contribution in [2.24, 2.45) is 0 Å². The Morgan fingerprint density at radius 3 is 2.71 bits per heavy atom. The van der Waals surface area contributed by atoms with Crippen molar-refractivity contribution >= 4 is 24.8 Å². The van der Waals surface area contributed by atoms with Gasteiger partial charge in [-0.25, -0.2) is 0 Å². The molecule has 5 heteroatoms. The number of rotatable bonds is 6. The zero-order chi connectivity index (χ0) is 10.6. The number of nitrogens with zero attached hydrogens (tertiary/aromatic N) is 1. The van der Waals surface area contributed by atoms with E-state index in [0.29, 0.717) is 5.54 Å². The summed E-state index contributed by atoms with van der Waals surface area (Å²) in [6, 6.07) is 3.84. The van der Waals surface area contributed by atoms with E-state index in [9.17, 15) is 0 Å². The van der Waals surface area contributed by atoms with Crippen LogP contribution in [0.25, 0.3) is 0 Å². The van der Waals surface area contributed by atoms with Gasteiger partial charge < -0.3 is 10.1 Å². The second-order valence-electron chi connectivity index (χ2n) is 4.17. The normalized spacial score (nSPS) is 15.4. The first-order valence-electron chi connectivity index (χ1n) is 5.56. The second-order valence-corrected chi connectivity index (χ2v) is 4.17. The lowest BCUT2D eigenvalue weighted by Crippen LogP contribution is -2.27. The van der Waals surface area contributed by atoms with E-state index in [1.165, 1.54) is 19.3 Å². The zero-order valence-corrected chi connectivity index (χ0v) is 11.6. The molecule has 1 aliphatic carbocycles. The summed E-state index contributed by atoms with van der Waals surface area (Å²) in [4.78, 5) is 4.00. The van der Waals surface area contributed by atoms with Gasteiger partial charge in [0.15, 0.2) is 0 Å². The molecule has 0 atom stereocenters. The first-order chi connectivity index (χ1) is 7.35. The van der Waals surface area contributed by atoms with Crippen LogP contribution in [0.5, 0.6) is 5.75 Å². The van der Waals surface area contributed by atoms with Gasteiger partial charge in [-0.05, 0) is 44.9 Å². The SMILES string of the molecule is CNC1(CCCOc2cccnc2)CC1.Cl.Cl. The van der Waals surface area contributed by atoms with Gasteiger partial charge in [0, 0.05) is 11.7 Å². The molecule has 1 fully saturated rings. The van der Waals surface area contributed by atoms with Crippen LogP contribution in [0.2, 0.25) is 0 Å². The Morgan fingerprint density at radius 2 is 2.18 bits per heavy atom. The van der Waals surface area contributed by atoms with E-state index in [1.807, 2.05) is 12.1 Å². The van der Waals surface area contributed by atoms with Gasteiger partial charge >= 0.3 is 0 Å². The first-order valence-corrected chi connectivity index (χ1v) is 5.56. The van der Waals surface area contributed by atoms with Crippen LogP contribution in [0, 0.1) is 0 Å². The molecule has 3 nitrogen and oxygen atoms in total. The van der Waals surface area contributed by atoms with Crippen LogP contribution >= 0.6 is 24.8 Å². The van der Waals surface area contributed by atoms with Gasteiger partial charge in [0.2, 0.25) is 0 Å². The third-order valence-corrected chi connectivity index (χ3v) is 3.09.